The van der Waals surface area contributed by atoms with E-state index in [1.807, 2.05) is 24.3 Å². The van der Waals surface area contributed by atoms with Crippen LogP contribution >= 0.6 is 11.8 Å². The number of benzene rings is 1. The van der Waals surface area contributed by atoms with Gasteiger partial charge in [0.1, 0.15) is 0 Å². The fourth-order valence-corrected chi connectivity index (χ4v) is 3.99. The summed E-state index contributed by atoms with van der Waals surface area (Å²) >= 11 is 1.62. The van der Waals surface area contributed by atoms with Crippen molar-refractivity contribution in [1.29, 1.82) is 0 Å². The van der Waals surface area contributed by atoms with Crippen molar-refractivity contribution < 1.29 is 19.1 Å². The highest BCUT2D eigenvalue weighted by molar-refractivity contribution is 8.03. The van der Waals surface area contributed by atoms with Crippen LogP contribution in [-0.4, -0.2) is 42.7 Å². The fraction of sp³-hybridized carbons (Fsp3) is 0.421. The number of carbonyl (C=O) groups excluding carboxylic acids is 3. The van der Waals surface area contributed by atoms with Crippen LogP contribution in [0.1, 0.15) is 36.5 Å². The lowest BCUT2D eigenvalue weighted by Crippen LogP contribution is -2.50. The Kier molecular flexibility index (Phi) is 7.72. The average Bonchev–Trinajstić information content (AvgIpc) is 3.00. The molecule has 0 saturated carbocycles. The van der Waals surface area contributed by atoms with E-state index in [1.54, 1.807) is 23.9 Å². The van der Waals surface area contributed by atoms with Gasteiger partial charge in [0.25, 0.3) is 5.91 Å². The molecule has 1 aromatic rings. The molecule has 1 heterocycles. The van der Waals surface area contributed by atoms with Crippen molar-refractivity contribution >= 4 is 29.5 Å². The van der Waals surface area contributed by atoms with Crippen LogP contribution in [0.4, 0.5) is 0 Å². The molecule has 0 bridgehead atoms. The van der Waals surface area contributed by atoms with Crippen molar-refractivity contribution in [3.8, 4) is 0 Å². The third-order valence-electron chi connectivity index (χ3n) is 4.01. The molecule has 0 aliphatic carbocycles. The molecule has 6 nitrogen and oxygen atoms in total. The van der Waals surface area contributed by atoms with Gasteiger partial charge in [0.05, 0.1) is 19.2 Å². The van der Waals surface area contributed by atoms with Crippen LogP contribution in [0, 0.1) is 0 Å². The second kappa shape index (κ2) is 10.0. The van der Waals surface area contributed by atoms with Gasteiger partial charge in [-0.2, -0.15) is 0 Å². The summed E-state index contributed by atoms with van der Waals surface area (Å²) in [5.41, 5.74) is 0.592. The van der Waals surface area contributed by atoms with Gasteiger partial charge in [-0.1, -0.05) is 24.3 Å². The number of esters is 1. The van der Waals surface area contributed by atoms with Crippen LogP contribution < -0.4 is 10.6 Å². The van der Waals surface area contributed by atoms with Crippen LogP contribution in [0.2, 0.25) is 0 Å². The van der Waals surface area contributed by atoms with Crippen LogP contribution in [0.5, 0.6) is 0 Å². The highest BCUT2D eigenvalue weighted by Gasteiger charge is 2.34. The molecule has 0 spiro atoms. The van der Waals surface area contributed by atoms with E-state index in [-0.39, 0.29) is 29.9 Å². The second-order valence-corrected chi connectivity index (χ2v) is 7.10. The standard InChI is InChI=1S/C19H24N2O4S/c1-13(22)20-18-15(21-19(24)14-8-4-3-5-9-14)12-26-16(18)10-6-7-11-17(23)25-2/h3-5,8-10,15,18H,6-7,11-12H2,1-2H3,(H,20,22)(H,21,24)/b16-10-/t15-,18+/m1/s1. The maximum absolute atomic E-state index is 12.4. The lowest BCUT2D eigenvalue weighted by molar-refractivity contribution is -0.140. The molecule has 26 heavy (non-hydrogen) atoms. The molecule has 1 saturated heterocycles. The van der Waals surface area contributed by atoms with E-state index in [1.165, 1.54) is 14.0 Å². The molecular formula is C19H24N2O4S. The van der Waals surface area contributed by atoms with Crippen molar-refractivity contribution in [3.63, 3.8) is 0 Å². The van der Waals surface area contributed by atoms with E-state index in [4.69, 9.17) is 0 Å². The summed E-state index contributed by atoms with van der Waals surface area (Å²) in [5.74, 6) is 0.163. The molecular weight excluding hydrogens is 352 g/mol. The van der Waals surface area contributed by atoms with Gasteiger partial charge < -0.3 is 15.4 Å². The minimum absolute atomic E-state index is 0.142. The van der Waals surface area contributed by atoms with E-state index >= 15 is 0 Å². The first-order valence-corrected chi connectivity index (χ1v) is 9.52. The Hall–Kier alpha value is -2.28. The number of unbranched alkanes of at least 4 members (excludes halogenated alkanes) is 1. The average molecular weight is 376 g/mol. The number of thioether (sulfide) groups is 1. The summed E-state index contributed by atoms with van der Waals surface area (Å²) in [5, 5.41) is 5.93. The highest BCUT2D eigenvalue weighted by Crippen LogP contribution is 2.32. The molecule has 2 N–H and O–H groups in total. The summed E-state index contributed by atoms with van der Waals surface area (Å²) in [7, 11) is 1.38. The Morgan fingerprint density at radius 1 is 1.23 bits per heavy atom. The van der Waals surface area contributed by atoms with Gasteiger partial charge in [-0.3, -0.25) is 14.4 Å². The van der Waals surface area contributed by atoms with Gasteiger partial charge in [-0.15, -0.1) is 11.8 Å². The van der Waals surface area contributed by atoms with E-state index in [2.05, 4.69) is 15.4 Å². The van der Waals surface area contributed by atoms with Crippen LogP contribution in [0.3, 0.4) is 0 Å². The molecule has 1 aliphatic heterocycles. The SMILES string of the molecule is COC(=O)CCC/C=C1\SC[C@@H](NC(=O)c2ccccc2)[C@@H]1NC(C)=O. The number of methoxy groups -OCH3 is 1. The molecule has 1 aromatic carbocycles. The first-order chi connectivity index (χ1) is 12.5. The number of hydrogen-bond donors (Lipinski definition) is 2. The summed E-state index contributed by atoms with van der Waals surface area (Å²) in [6.07, 6.45) is 3.80. The normalized spacial score (nSPS) is 20.6. The minimum atomic E-state index is -0.247. The first-order valence-electron chi connectivity index (χ1n) is 8.54. The van der Waals surface area contributed by atoms with Crippen LogP contribution in [0.25, 0.3) is 0 Å². The molecule has 2 atom stereocenters. The number of carbonyl (C=O) groups is 3. The zero-order valence-corrected chi connectivity index (χ0v) is 15.8. The van der Waals surface area contributed by atoms with Gasteiger partial charge in [-0.05, 0) is 25.0 Å². The molecule has 0 radical (unpaired) electrons. The second-order valence-electron chi connectivity index (χ2n) is 6.01. The zero-order valence-electron chi connectivity index (χ0n) is 15.0. The molecule has 140 valence electrons. The molecule has 0 aromatic heterocycles. The summed E-state index contributed by atoms with van der Waals surface area (Å²) in [6, 6.07) is 8.58. The van der Waals surface area contributed by atoms with Gasteiger partial charge in [0, 0.05) is 29.6 Å². The Labute approximate surface area is 157 Å². The highest BCUT2D eigenvalue weighted by atomic mass is 32.2. The van der Waals surface area contributed by atoms with Crippen molar-refractivity contribution in [2.24, 2.45) is 0 Å². The van der Waals surface area contributed by atoms with Crippen molar-refractivity contribution in [2.75, 3.05) is 12.9 Å². The molecule has 0 unspecified atom stereocenters. The predicted octanol–water partition coefficient (Wildman–Crippen LogP) is 2.26. The Morgan fingerprint density at radius 3 is 2.62 bits per heavy atom. The van der Waals surface area contributed by atoms with Gasteiger partial charge in [-0.25, -0.2) is 0 Å². The predicted molar refractivity (Wildman–Crippen MR) is 102 cm³/mol. The lowest BCUT2D eigenvalue weighted by Gasteiger charge is -2.22. The molecule has 7 heteroatoms. The van der Waals surface area contributed by atoms with E-state index < -0.39 is 0 Å². The van der Waals surface area contributed by atoms with E-state index in [0.717, 1.165) is 4.91 Å². The summed E-state index contributed by atoms with van der Waals surface area (Å²) in [4.78, 5) is 36.2. The van der Waals surface area contributed by atoms with Crippen LogP contribution in [-0.2, 0) is 14.3 Å². The molecule has 1 fully saturated rings. The molecule has 1 aliphatic rings. The zero-order chi connectivity index (χ0) is 18.9. The lowest BCUT2D eigenvalue weighted by atomic mass is 10.1. The Balaban J connectivity index is 1.99. The molecule has 2 rings (SSSR count). The number of allylic oxidation sites excluding steroid dienone is 1. The first kappa shape index (κ1) is 20.0. The van der Waals surface area contributed by atoms with E-state index in [9.17, 15) is 14.4 Å². The van der Waals surface area contributed by atoms with Crippen molar-refractivity contribution in [1.82, 2.24) is 10.6 Å². The quantitative estimate of drug-likeness (QED) is 0.563. The Bertz CT molecular complexity index is 675. The number of amides is 2. The van der Waals surface area contributed by atoms with Crippen LogP contribution in [0.15, 0.2) is 41.3 Å². The van der Waals surface area contributed by atoms with Gasteiger partial charge in [0.15, 0.2) is 0 Å². The largest absolute Gasteiger partial charge is 0.469 e. The maximum atomic E-state index is 12.4. The third kappa shape index (κ3) is 5.91. The van der Waals surface area contributed by atoms with E-state index in [0.29, 0.717) is 30.6 Å². The number of rotatable bonds is 7. The maximum Gasteiger partial charge on any atom is 0.305 e. The van der Waals surface area contributed by atoms with Crippen molar-refractivity contribution in [3.05, 3.63) is 46.9 Å². The summed E-state index contributed by atoms with van der Waals surface area (Å²) < 4.78 is 4.63. The number of ether oxygens (including phenoxy) is 1. The van der Waals surface area contributed by atoms with Crippen molar-refractivity contribution in [2.45, 2.75) is 38.3 Å². The number of hydrogen-bond acceptors (Lipinski definition) is 5. The van der Waals surface area contributed by atoms with Gasteiger partial charge >= 0.3 is 5.97 Å². The monoisotopic (exact) mass is 376 g/mol. The fourth-order valence-electron chi connectivity index (χ4n) is 2.71. The summed E-state index contributed by atoms with van der Waals surface area (Å²) in [6.45, 7) is 1.47. The minimum Gasteiger partial charge on any atom is -0.469 e. The third-order valence-corrected chi connectivity index (χ3v) is 5.29. The molecule has 2 amide bonds. The Morgan fingerprint density at radius 2 is 1.96 bits per heavy atom. The van der Waals surface area contributed by atoms with Gasteiger partial charge in [0.2, 0.25) is 5.91 Å². The topological polar surface area (TPSA) is 84.5 Å². The smallest absolute Gasteiger partial charge is 0.305 e. The number of nitrogens with one attached hydrogen (secondary N) is 2.